The van der Waals surface area contributed by atoms with Crippen LogP contribution in [0.5, 0.6) is 0 Å². The van der Waals surface area contributed by atoms with Gasteiger partial charge in [-0.05, 0) is 68.2 Å². The number of hydrogen-bond donors (Lipinski definition) is 1. The van der Waals surface area contributed by atoms with E-state index in [1.165, 1.54) is 29.5 Å². The molecule has 1 aromatic carbocycles. The number of hydrogen-bond acceptors (Lipinski definition) is 1. The maximum Gasteiger partial charge on any atom is -0.00713 e. The monoisotopic (exact) mass is 203 g/mol. The molecule has 1 fully saturated rings. The molecule has 0 aromatic heterocycles. The molecule has 0 saturated heterocycles. The Morgan fingerprint density at radius 1 is 1.27 bits per heavy atom. The average Bonchev–Trinajstić information content (AvgIpc) is 3.02. The third-order valence-corrected chi connectivity index (χ3v) is 3.63. The smallest absolute Gasteiger partial charge is 0.00713 e. The molecule has 1 aromatic rings. The van der Waals surface area contributed by atoms with E-state index in [0.29, 0.717) is 5.92 Å². The topological polar surface area (TPSA) is 26.0 Å². The lowest BCUT2D eigenvalue weighted by Gasteiger charge is -2.17. The first-order valence-electron chi connectivity index (χ1n) is 5.99. The maximum atomic E-state index is 5.70. The second-order valence-corrected chi connectivity index (χ2v) is 4.86. The van der Waals surface area contributed by atoms with Gasteiger partial charge in [0, 0.05) is 0 Å². The van der Waals surface area contributed by atoms with E-state index in [1.54, 1.807) is 0 Å². The van der Waals surface area contributed by atoms with Crippen LogP contribution in [-0.4, -0.2) is 6.54 Å². The Balaban J connectivity index is 2.21. The molecular formula is C14H21N. The van der Waals surface area contributed by atoms with Gasteiger partial charge in [-0.15, -0.1) is 0 Å². The summed E-state index contributed by atoms with van der Waals surface area (Å²) in [6.45, 7) is 5.19. The third-order valence-electron chi connectivity index (χ3n) is 3.63. The van der Waals surface area contributed by atoms with Crippen LogP contribution in [0.2, 0.25) is 0 Å². The molecule has 0 radical (unpaired) electrons. The van der Waals surface area contributed by atoms with E-state index in [1.807, 2.05) is 0 Å². The molecule has 15 heavy (non-hydrogen) atoms. The van der Waals surface area contributed by atoms with Crippen molar-refractivity contribution in [2.24, 2.45) is 11.7 Å². The molecule has 1 aliphatic rings. The van der Waals surface area contributed by atoms with Gasteiger partial charge in [0.15, 0.2) is 0 Å². The van der Waals surface area contributed by atoms with Gasteiger partial charge in [-0.1, -0.05) is 18.2 Å². The van der Waals surface area contributed by atoms with Crippen LogP contribution in [0, 0.1) is 19.8 Å². The molecule has 2 rings (SSSR count). The Labute approximate surface area is 92.7 Å². The van der Waals surface area contributed by atoms with Crippen molar-refractivity contribution in [1.82, 2.24) is 0 Å². The van der Waals surface area contributed by atoms with Crippen molar-refractivity contribution >= 4 is 0 Å². The lowest BCUT2D eigenvalue weighted by atomic mass is 9.89. The predicted molar refractivity (Wildman–Crippen MR) is 65.1 cm³/mol. The van der Waals surface area contributed by atoms with Gasteiger partial charge in [-0.3, -0.25) is 0 Å². The van der Waals surface area contributed by atoms with E-state index in [2.05, 4.69) is 32.0 Å². The van der Waals surface area contributed by atoms with Crippen molar-refractivity contribution in [2.75, 3.05) is 6.54 Å². The van der Waals surface area contributed by atoms with Crippen LogP contribution in [0.15, 0.2) is 18.2 Å². The normalized spacial score (nSPS) is 17.8. The van der Waals surface area contributed by atoms with Crippen LogP contribution in [0.25, 0.3) is 0 Å². The largest absolute Gasteiger partial charge is 0.330 e. The Morgan fingerprint density at radius 3 is 2.53 bits per heavy atom. The molecule has 2 N–H and O–H groups in total. The highest BCUT2D eigenvalue weighted by atomic mass is 14.5. The van der Waals surface area contributed by atoms with Crippen LogP contribution in [0.3, 0.4) is 0 Å². The van der Waals surface area contributed by atoms with Crippen molar-refractivity contribution < 1.29 is 0 Å². The van der Waals surface area contributed by atoms with Gasteiger partial charge in [0.2, 0.25) is 0 Å². The SMILES string of the molecule is Cc1ccc(C(CCN)C2CC2)cc1C. The van der Waals surface area contributed by atoms with Gasteiger partial charge in [0.05, 0.1) is 0 Å². The maximum absolute atomic E-state index is 5.70. The van der Waals surface area contributed by atoms with E-state index in [4.69, 9.17) is 5.73 Å². The molecule has 1 unspecified atom stereocenters. The summed E-state index contributed by atoms with van der Waals surface area (Å²) in [5.41, 5.74) is 10.0. The molecule has 1 nitrogen and oxygen atoms in total. The summed E-state index contributed by atoms with van der Waals surface area (Å²) in [5.74, 6) is 1.63. The summed E-state index contributed by atoms with van der Waals surface area (Å²) in [4.78, 5) is 0. The Morgan fingerprint density at radius 2 is 2.00 bits per heavy atom. The van der Waals surface area contributed by atoms with Crippen LogP contribution >= 0.6 is 0 Å². The zero-order valence-corrected chi connectivity index (χ0v) is 9.79. The zero-order valence-electron chi connectivity index (χ0n) is 9.79. The van der Waals surface area contributed by atoms with E-state index in [0.717, 1.165) is 18.9 Å². The summed E-state index contributed by atoms with van der Waals surface area (Å²) in [7, 11) is 0. The van der Waals surface area contributed by atoms with E-state index in [-0.39, 0.29) is 0 Å². The summed E-state index contributed by atoms with van der Waals surface area (Å²) in [6.07, 6.45) is 3.95. The van der Waals surface area contributed by atoms with Gasteiger partial charge in [-0.2, -0.15) is 0 Å². The molecule has 0 bridgehead atoms. The van der Waals surface area contributed by atoms with Gasteiger partial charge in [0.25, 0.3) is 0 Å². The number of aryl methyl sites for hydroxylation is 2. The lowest BCUT2D eigenvalue weighted by Crippen LogP contribution is -2.09. The van der Waals surface area contributed by atoms with Gasteiger partial charge >= 0.3 is 0 Å². The first-order chi connectivity index (χ1) is 7.22. The second kappa shape index (κ2) is 4.36. The molecule has 0 amide bonds. The average molecular weight is 203 g/mol. The molecule has 0 heterocycles. The van der Waals surface area contributed by atoms with Crippen molar-refractivity contribution in [3.8, 4) is 0 Å². The van der Waals surface area contributed by atoms with E-state index >= 15 is 0 Å². The van der Waals surface area contributed by atoms with Crippen molar-refractivity contribution in [3.05, 3.63) is 34.9 Å². The molecule has 1 saturated carbocycles. The molecule has 82 valence electrons. The zero-order chi connectivity index (χ0) is 10.8. The highest BCUT2D eigenvalue weighted by molar-refractivity contribution is 5.32. The number of benzene rings is 1. The fourth-order valence-corrected chi connectivity index (χ4v) is 2.35. The van der Waals surface area contributed by atoms with Crippen molar-refractivity contribution in [3.63, 3.8) is 0 Å². The Kier molecular flexibility index (Phi) is 3.11. The van der Waals surface area contributed by atoms with Crippen LogP contribution < -0.4 is 5.73 Å². The van der Waals surface area contributed by atoms with Gasteiger partial charge in [-0.25, -0.2) is 0 Å². The van der Waals surface area contributed by atoms with Gasteiger partial charge < -0.3 is 5.73 Å². The minimum atomic E-state index is 0.717. The molecule has 0 spiro atoms. The minimum absolute atomic E-state index is 0.717. The van der Waals surface area contributed by atoms with Crippen molar-refractivity contribution in [1.29, 1.82) is 0 Å². The molecule has 0 aliphatic heterocycles. The highest BCUT2D eigenvalue weighted by Gasteiger charge is 2.31. The molecule has 1 aliphatic carbocycles. The molecule has 1 atom stereocenters. The van der Waals surface area contributed by atoms with Crippen LogP contribution in [0.4, 0.5) is 0 Å². The molecule has 1 heteroatoms. The summed E-state index contributed by atoms with van der Waals surface area (Å²) < 4.78 is 0. The van der Waals surface area contributed by atoms with Crippen molar-refractivity contribution in [2.45, 2.75) is 39.0 Å². The van der Waals surface area contributed by atoms with Gasteiger partial charge in [0.1, 0.15) is 0 Å². The number of rotatable bonds is 4. The standard InChI is InChI=1S/C14H21N/c1-10-3-4-13(9-11(10)2)14(7-8-15)12-5-6-12/h3-4,9,12,14H,5-8,15H2,1-2H3. The van der Waals surface area contributed by atoms with E-state index < -0.39 is 0 Å². The summed E-state index contributed by atoms with van der Waals surface area (Å²) >= 11 is 0. The first-order valence-corrected chi connectivity index (χ1v) is 5.99. The quantitative estimate of drug-likeness (QED) is 0.799. The van der Waals surface area contributed by atoms with E-state index in [9.17, 15) is 0 Å². The number of nitrogens with two attached hydrogens (primary N) is 1. The Bertz CT molecular complexity index is 339. The summed E-state index contributed by atoms with van der Waals surface area (Å²) in [6, 6.07) is 6.89. The molecular weight excluding hydrogens is 182 g/mol. The fraction of sp³-hybridized carbons (Fsp3) is 0.571. The third kappa shape index (κ3) is 2.40. The van der Waals surface area contributed by atoms with Crippen LogP contribution in [-0.2, 0) is 0 Å². The highest BCUT2D eigenvalue weighted by Crippen LogP contribution is 2.44. The lowest BCUT2D eigenvalue weighted by molar-refractivity contribution is 0.565. The summed E-state index contributed by atoms with van der Waals surface area (Å²) in [5, 5.41) is 0. The first kappa shape index (κ1) is 10.7. The van der Waals surface area contributed by atoms with Crippen LogP contribution in [0.1, 0.15) is 41.9 Å². The Hall–Kier alpha value is -0.820. The predicted octanol–water partition coefficient (Wildman–Crippen LogP) is 3.15. The fourth-order valence-electron chi connectivity index (χ4n) is 2.35. The minimum Gasteiger partial charge on any atom is -0.330 e. The second-order valence-electron chi connectivity index (χ2n) is 4.86.